The van der Waals surface area contributed by atoms with Crippen LogP contribution >= 0.6 is 0 Å². The molecule has 0 rings (SSSR count). The summed E-state index contributed by atoms with van der Waals surface area (Å²) in [4.78, 5) is 0. The monoisotopic (exact) mass is 548 g/mol. The van der Waals surface area contributed by atoms with Gasteiger partial charge in [0.25, 0.3) is 0 Å². The van der Waals surface area contributed by atoms with Gasteiger partial charge in [0, 0.05) is 6.61 Å². The van der Waals surface area contributed by atoms with Gasteiger partial charge in [-0.15, -0.1) is 0 Å². The standard InChI is InChI=1S/C17H34O2.2HI.Mg/c1-3-5-7-9-10-11-12-14-16-19-17-18-15-13-8-6-4-2;;;/h6,8H,3-5,7,9-17H2,1-2H3;2*1H;/q;;;+2/p-2/b8-6+;;;. The molecule has 0 aliphatic rings. The van der Waals surface area contributed by atoms with Crippen molar-refractivity contribution < 1.29 is 57.4 Å². The number of halogens is 2. The van der Waals surface area contributed by atoms with Crippen LogP contribution in [0.15, 0.2) is 12.2 Å². The molecule has 0 aliphatic carbocycles. The van der Waals surface area contributed by atoms with E-state index in [4.69, 9.17) is 9.47 Å². The molecule has 0 saturated heterocycles. The van der Waals surface area contributed by atoms with Crippen molar-refractivity contribution in [2.45, 2.75) is 78.1 Å². The van der Waals surface area contributed by atoms with E-state index in [1.54, 1.807) is 0 Å². The van der Waals surface area contributed by atoms with Gasteiger partial charge in [0.2, 0.25) is 0 Å². The van der Waals surface area contributed by atoms with E-state index in [1.807, 2.05) is 0 Å². The number of hydrogen-bond donors (Lipinski definition) is 0. The Morgan fingerprint density at radius 2 is 1.23 bits per heavy atom. The van der Waals surface area contributed by atoms with E-state index in [0.717, 1.165) is 26.1 Å². The van der Waals surface area contributed by atoms with E-state index < -0.39 is 0 Å². The van der Waals surface area contributed by atoms with Gasteiger partial charge < -0.3 is 57.4 Å². The maximum atomic E-state index is 5.44. The van der Waals surface area contributed by atoms with Gasteiger partial charge >= 0.3 is 23.1 Å². The van der Waals surface area contributed by atoms with Crippen molar-refractivity contribution in [2.24, 2.45) is 0 Å². The topological polar surface area (TPSA) is 18.5 Å². The maximum absolute atomic E-state index is 5.44. The van der Waals surface area contributed by atoms with Crippen molar-refractivity contribution in [2.75, 3.05) is 20.0 Å². The van der Waals surface area contributed by atoms with E-state index in [9.17, 15) is 0 Å². The summed E-state index contributed by atoms with van der Waals surface area (Å²) in [5.41, 5.74) is 0. The minimum atomic E-state index is 0. The predicted molar refractivity (Wildman–Crippen MR) is 89.2 cm³/mol. The van der Waals surface area contributed by atoms with Crippen LogP contribution in [0.3, 0.4) is 0 Å². The van der Waals surface area contributed by atoms with Gasteiger partial charge in [0.1, 0.15) is 6.79 Å². The van der Waals surface area contributed by atoms with Gasteiger partial charge in [0.05, 0.1) is 6.61 Å². The molecule has 0 aliphatic heterocycles. The summed E-state index contributed by atoms with van der Waals surface area (Å²) in [5.74, 6) is 0. The van der Waals surface area contributed by atoms with Crippen molar-refractivity contribution in [3.05, 3.63) is 12.2 Å². The first-order valence-electron chi connectivity index (χ1n) is 8.22. The Balaban J connectivity index is -0.000000540. The van der Waals surface area contributed by atoms with Crippen molar-refractivity contribution in [3.63, 3.8) is 0 Å². The summed E-state index contributed by atoms with van der Waals surface area (Å²) in [6, 6.07) is 0. The second kappa shape index (κ2) is 30.7. The molecule has 0 bridgehead atoms. The van der Waals surface area contributed by atoms with E-state index in [2.05, 4.69) is 26.0 Å². The Bertz CT molecular complexity index is 193. The molecule has 130 valence electrons. The van der Waals surface area contributed by atoms with Crippen molar-refractivity contribution in [1.29, 1.82) is 0 Å². The zero-order valence-electron chi connectivity index (χ0n) is 14.6. The quantitative estimate of drug-likeness (QED) is 0.0869. The summed E-state index contributed by atoms with van der Waals surface area (Å²) in [6.45, 7) is 6.48. The fourth-order valence-corrected chi connectivity index (χ4v) is 1.95. The van der Waals surface area contributed by atoms with Crippen LogP contribution in [0, 0.1) is 0 Å². The fourth-order valence-electron chi connectivity index (χ4n) is 1.95. The first-order chi connectivity index (χ1) is 9.41. The normalized spacial score (nSPS) is 9.91. The van der Waals surface area contributed by atoms with Crippen LogP contribution in [0.5, 0.6) is 0 Å². The van der Waals surface area contributed by atoms with Crippen LogP contribution in [-0.2, 0) is 9.47 Å². The number of hydrogen-bond acceptors (Lipinski definition) is 2. The van der Waals surface area contributed by atoms with Gasteiger partial charge in [-0.3, -0.25) is 0 Å². The molecule has 5 heteroatoms. The maximum Gasteiger partial charge on any atom is 2.00 e. The summed E-state index contributed by atoms with van der Waals surface area (Å²) in [5, 5.41) is 0. The second-order valence-corrected chi connectivity index (χ2v) is 5.08. The molecule has 0 aromatic heterocycles. The molecule has 0 N–H and O–H groups in total. The molecule has 0 saturated carbocycles. The minimum absolute atomic E-state index is 0. The van der Waals surface area contributed by atoms with Crippen LogP contribution < -0.4 is 48.0 Å². The van der Waals surface area contributed by atoms with Crippen LogP contribution in [-0.4, -0.2) is 43.1 Å². The molecule has 0 aromatic carbocycles. The van der Waals surface area contributed by atoms with Crippen LogP contribution in [0.1, 0.15) is 78.1 Å². The van der Waals surface area contributed by atoms with Gasteiger partial charge in [-0.2, -0.15) is 0 Å². The molecule has 0 atom stereocenters. The smallest absolute Gasteiger partial charge is 1.00 e. The third-order valence-electron chi connectivity index (χ3n) is 3.14. The molecule has 0 fully saturated rings. The average molecular weight is 549 g/mol. The predicted octanol–water partition coefficient (Wildman–Crippen LogP) is -0.899. The molecule has 0 amide bonds. The molecular formula is C17H34I2MgO2. The summed E-state index contributed by atoms with van der Waals surface area (Å²) in [6.07, 6.45) is 17.2. The third kappa shape index (κ3) is 29.8. The van der Waals surface area contributed by atoms with E-state index in [1.165, 1.54) is 51.4 Å². The molecule has 0 radical (unpaired) electrons. The van der Waals surface area contributed by atoms with Crippen molar-refractivity contribution in [3.8, 4) is 0 Å². The number of ether oxygens (including phenoxy) is 2. The van der Waals surface area contributed by atoms with Gasteiger partial charge in [-0.05, 0) is 19.3 Å². The minimum Gasteiger partial charge on any atom is -1.00 e. The third-order valence-corrected chi connectivity index (χ3v) is 3.14. The molecule has 0 spiro atoms. The average Bonchev–Trinajstić information content (AvgIpc) is 2.43. The zero-order chi connectivity index (χ0) is 14.0. The zero-order valence-corrected chi connectivity index (χ0v) is 20.4. The van der Waals surface area contributed by atoms with Gasteiger partial charge in [-0.1, -0.05) is 70.9 Å². The Morgan fingerprint density at radius 3 is 1.82 bits per heavy atom. The van der Waals surface area contributed by atoms with E-state index >= 15 is 0 Å². The molecule has 0 heterocycles. The van der Waals surface area contributed by atoms with E-state index in [0.29, 0.717) is 6.79 Å². The fraction of sp³-hybridized carbons (Fsp3) is 0.882. The van der Waals surface area contributed by atoms with Crippen LogP contribution in [0.25, 0.3) is 0 Å². The first-order valence-corrected chi connectivity index (χ1v) is 8.22. The number of rotatable bonds is 15. The van der Waals surface area contributed by atoms with Crippen molar-refractivity contribution in [1.82, 2.24) is 0 Å². The van der Waals surface area contributed by atoms with E-state index in [-0.39, 0.29) is 71.0 Å². The summed E-state index contributed by atoms with van der Waals surface area (Å²) in [7, 11) is 0. The van der Waals surface area contributed by atoms with Crippen LogP contribution in [0.2, 0.25) is 0 Å². The number of unbranched alkanes of at least 4 members (excludes halogenated alkanes) is 7. The summed E-state index contributed by atoms with van der Waals surface area (Å²) >= 11 is 0. The second-order valence-electron chi connectivity index (χ2n) is 5.08. The van der Waals surface area contributed by atoms with Gasteiger partial charge in [0.15, 0.2) is 0 Å². The molecular weight excluding hydrogens is 514 g/mol. The SMILES string of the molecule is CC/C=C/CCOCOCCCCCCCCCC.[I-].[I-].[Mg+2]. The van der Waals surface area contributed by atoms with Crippen molar-refractivity contribution >= 4 is 23.1 Å². The Hall–Kier alpha value is 1.89. The molecule has 22 heavy (non-hydrogen) atoms. The van der Waals surface area contributed by atoms with Crippen LogP contribution in [0.4, 0.5) is 0 Å². The Morgan fingerprint density at radius 1 is 0.682 bits per heavy atom. The largest absolute Gasteiger partial charge is 2.00 e. The molecule has 2 nitrogen and oxygen atoms in total. The molecule has 0 unspecified atom stereocenters. The number of allylic oxidation sites excluding steroid dienone is 1. The van der Waals surface area contributed by atoms with Gasteiger partial charge in [-0.25, -0.2) is 0 Å². The summed E-state index contributed by atoms with van der Waals surface area (Å²) < 4.78 is 10.8. The first kappa shape index (κ1) is 31.6. The Kier molecular flexibility index (Phi) is 44.2. The Labute approximate surface area is 189 Å². The molecule has 0 aromatic rings.